The summed E-state index contributed by atoms with van der Waals surface area (Å²) in [6.07, 6.45) is 5.26. The van der Waals surface area contributed by atoms with Crippen LogP contribution in [-0.4, -0.2) is 11.7 Å². The van der Waals surface area contributed by atoms with Gasteiger partial charge in [-0.2, -0.15) is 0 Å². The van der Waals surface area contributed by atoms with Gasteiger partial charge in [-0.25, -0.2) is 0 Å². The van der Waals surface area contributed by atoms with Gasteiger partial charge in [0.05, 0.1) is 0 Å². The van der Waals surface area contributed by atoms with Crippen LogP contribution in [0.1, 0.15) is 25.7 Å². The van der Waals surface area contributed by atoms with E-state index in [-0.39, 0.29) is 0 Å². The maximum Gasteiger partial charge on any atom is 0.0102 e. The Labute approximate surface area is 53.2 Å². The molecule has 1 unspecified atom stereocenters. The average Bonchev–Trinajstić information content (AvgIpc) is 1.77. The highest BCUT2D eigenvalue weighted by Crippen LogP contribution is 2.22. The molecule has 0 aliphatic heterocycles. The van der Waals surface area contributed by atoms with Crippen LogP contribution >= 0.6 is 9.24 Å². The van der Waals surface area contributed by atoms with E-state index < -0.39 is 0 Å². The quantitative estimate of drug-likeness (QED) is 0.490. The Morgan fingerprint density at radius 3 is 2.25 bits per heavy atom. The van der Waals surface area contributed by atoms with Crippen LogP contribution in [0.25, 0.3) is 0 Å². The van der Waals surface area contributed by atoms with Crippen LogP contribution in [0.2, 0.25) is 0 Å². The fourth-order valence-corrected chi connectivity index (χ4v) is 1.62. The molecule has 1 nitrogen and oxygen atoms in total. The van der Waals surface area contributed by atoms with E-state index in [4.69, 9.17) is 5.73 Å². The van der Waals surface area contributed by atoms with Gasteiger partial charge < -0.3 is 5.73 Å². The smallest absolute Gasteiger partial charge is 0.0102 e. The van der Waals surface area contributed by atoms with E-state index in [1.807, 2.05) is 0 Å². The van der Waals surface area contributed by atoms with Gasteiger partial charge in [0.25, 0.3) is 0 Å². The van der Waals surface area contributed by atoms with Crippen molar-refractivity contribution in [2.24, 2.45) is 5.73 Å². The molecule has 0 spiro atoms. The number of rotatable bonds is 0. The molecule has 0 bridgehead atoms. The van der Waals surface area contributed by atoms with Gasteiger partial charge in [-0.3, -0.25) is 0 Å². The first kappa shape index (κ1) is 6.51. The molecule has 1 aliphatic rings. The minimum Gasteiger partial charge on any atom is -0.327 e. The molecule has 8 heavy (non-hydrogen) atoms. The lowest BCUT2D eigenvalue weighted by Crippen LogP contribution is -2.33. The van der Waals surface area contributed by atoms with Crippen molar-refractivity contribution in [3.8, 4) is 0 Å². The van der Waals surface area contributed by atoms with Crippen LogP contribution in [0.15, 0.2) is 0 Å². The molecule has 48 valence electrons. The molecule has 0 amide bonds. The van der Waals surface area contributed by atoms with Crippen molar-refractivity contribution in [1.82, 2.24) is 0 Å². The van der Waals surface area contributed by atoms with Gasteiger partial charge in [0.15, 0.2) is 0 Å². The third-order valence-corrected chi connectivity index (χ3v) is 2.70. The molecule has 0 heterocycles. The topological polar surface area (TPSA) is 26.0 Å². The Kier molecular flexibility index (Phi) is 2.27. The second-order valence-corrected chi connectivity index (χ2v) is 3.47. The molecule has 1 fully saturated rings. The predicted molar refractivity (Wildman–Crippen MR) is 39.9 cm³/mol. The summed E-state index contributed by atoms with van der Waals surface area (Å²) in [5.74, 6) is 0. The van der Waals surface area contributed by atoms with Crippen LogP contribution in [-0.2, 0) is 0 Å². The van der Waals surface area contributed by atoms with Gasteiger partial charge >= 0.3 is 0 Å². The van der Waals surface area contributed by atoms with Crippen LogP contribution in [0.3, 0.4) is 0 Å². The lowest BCUT2D eigenvalue weighted by atomic mass is 9.96. The first-order chi connectivity index (χ1) is 3.80. The second kappa shape index (κ2) is 2.80. The highest BCUT2D eigenvalue weighted by atomic mass is 31.0. The van der Waals surface area contributed by atoms with Gasteiger partial charge in [-0.1, -0.05) is 12.8 Å². The maximum absolute atomic E-state index is 5.76. The molecule has 0 aromatic heterocycles. The minimum absolute atomic E-state index is 0.466. The molecule has 0 aromatic carbocycles. The fraction of sp³-hybridized carbons (Fsp3) is 1.00. The number of hydrogen-bond acceptors (Lipinski definition) is 1. The van der Waals surface area contributed by atoms with E-state index in [9.17, 15) is 0 Å². The SMILES string of the molecule is N[C@@H]1CCCC[C@@H]1P. The van der Waals surface area contributed by atoms with Crippen molar-refractivity contribution in [3.05, 3.63) is 0 Å². The van der Waals surface area contributed by atoms with Gasteiger partial charge in [0, 0.05) is 6.04 Å². The molecule has 1 rings (SSSR count). The zero-order chi connectivity index (χ0) is 5.98. The number of hydrogen-bond donors (Lipinski definition) is 1. The van der Waals surface area contributed by atoms with Crippen molar-refractivity contribution in [3.63, 3.8) is 0 Å². The molecule has 1 aliphatic carbocycles. The van der Waals surface area contributed by atoms with Crippen molar-refractivity contribution in [2.75, 3.05) is 0 Å². The molecule has 0 radical (unpaired) electrons. The summed E-state index contributed by atoms with van der Waals surface area (Å²) in [4.78, 5) is 0. The summed E-state index contributed by atoms with van der Waals surface area (Å²) in [7, 11) is 2.82. The van der Waals surface area contributed by atoms with Gasteiger partial charge in [0.2, 0.25) is 0 Å². The monoisotopic (exact) mass is 131 g/mol. The Hall–Kier alpha value is 0.390. The van der Waals surface area contributed by atoms with Gasteiger partial charge in [-0.15, -0.1) is 9.24 Å². The minimum atomic E-state index is 0.466. The standard InChI is InChI=1S/C6H14NP/c7-5-3-1-2-4-6(5)8/h5-6H,1-4,7-8H2/t5-,6+/m1/s1. The Morgan fingerprint density at radius 2 is 1.88 bits per heavy atom. The van der Waals surface area contributed by atoms with Crippen molar-refractivity contribution < 1.29 is 0 Å². The molecule has 2 N–H and O–H groups in total. The van der Waals surface area contributed by atoms with Gasteiger partial charge in [0.1, 0.15) is 0 Å². The van der Waals surface area contributed by atoms with E-state index >= 15 is 0 Å². The van der Waals surface area contributed by atoms with Crippen LogP contribution < -0.4 is 5.73 Å². The molecule has 3 atom stereocenters. The van der Waals surface area contributed by atoms with E-state index in [0.717, 1.165) is 0 Å². The predicted octanol–water partition coefficient (Wildman–Crippen LogP) is 1.13. The number of nitrogens with two attached hydrogens (primary N) is 1. The van der Waals surface area contributed by atoms with E-state index in [1.54, 1.807) is 0 Å². The molecule has 0 aromatic rings. The van der Waals surface area contributed by atoms with Crippen molar-refractivity contribution in [1.29, 1.82) is 0 Å². The average molecular weight is 131 g/mol. The van der Waals surface area contributed by atoms with E-state index in [1.165, 1.54) is 25.7 Å². The normalized spacial score (nSPS) is 39.8. The summed E-state index contributed by atoms with van der Waals surface area (Å²) in [5, 5.41) is 0. The van der Waals surface area contributed by atoms with Crippen molar-refractivity contribution in [2.45, 2.75) is 37.4 Å². The molecule has 2 heteroatoms. The highest BCUT2D eigenvalue weighted by molar-refractivity contribution is 7.17. The second-order valence-electron chi connectivity index (χ2n) is 2.61. The summed E-state index contributed by atoms with van der Waals surface area (Å²) in [6, 6.07) is 0.466. The third kappa shape index (κ3) is 1.43. The Morgan fingerprint density at radius 1 is 1.25 bits per heavy atom. The zero-order valence-electron chi connectivity index (χ0n) is 5.14. The largest absolute Gasteiger partial charge is 0.327 e. The maximum atomic E-state index is 5.76. The zero-order valence-corrected chi connectivity index (χ0v) is 6.29. The van der Waals surface area contributed by atoms with Crippen molar-refractivity contribution >= 4 is 9.24 Å². The van der Waals surface area contributed by atoms with Crippen LogP contribution in [0.4, 0.5) is 0 Å². The molecular weight excluding hydrogens is 117 g/mol. The van der Waals surface area contributed by atoms with Crippen LogP contribution in [0, 0.1) is 0 Å². The Bertz CT molecular complexity index is 64.9. The fourth-order valence-electron chi connectivity index (χ4n) is 1.19. The highest BCUT2D eigenvalue weighted by Gasteiger charge is 2.16. The first-order valence-corrected chi connectivity index (χ1v) is 3.98. The summed E-state index contributed by atoms with van der Waals surface area (Å²) in [6.45, 7) is 0. The first-order valence-electron chi connectivity index (χ1n) is 3.32. The summed E-state index contributed by atoms with van der Waals surface area (Å²) >= 11 is 0. The van der Waals surface area contributed by atoms with E-state index in [0.29, 0.717) is 11.7 Å². The third-order valence-electron chi connectivity index (χ3n) is 1.87. The van der Waals surface area contributed by atoms with E-state index in [2.05, 4.69) is 9.24 Å². The van der Waals surface area contributed by atoms with Gasteiger partial charge in [-0.05, 0) is 18.5 Å². The summed E-state index contributed by atoms with van der Waals surface area (Å²) < 4.78 is 0. The molecular formula is C6H14NP. The Balaban J connectivity index is 2.28. The van der Waals surface area contributed by atoms with Crippen LogP contribution in [0.5, 0.6) is 0 Å². The molecule has 1 saturated carbocycles. The lowest BCUT2D eigenvalue weighted by molar-refractivity contribution is 0.453. The molecule has 0 saturated heterocycles. The summed E-state index contributed by atoms with van der Waals surface area (Å²) in [5.41, 5.74) is 6.46. The lowest BCUT2D eigenvalue weighted by Gasteiger charge is -2.24.